The Kier molecular flexibility index (Phi) is 3.80. The molecule has 1 aromatic carbocycles. The summed E-state index contributed by atoms with van der Waals surface area (Å²) in [6, 6.07) is 9.24. The molecule has 0 bridgehead atoms. The summed E-state index contributed by atoms with van der Waals surface area (Å²) in [7, 11) is -3.27. The monoisotopic (exact) mass is 280 g/mol. The van der Waals surface area contributed by atoms with Gasteiger partial charge in [0.1, 0.15) is 5.82 Å². The minimum atomic E-state index is -3.27. The lowest BCUT2D eigenvalue weighted by Gasteiger charge is -2.06. The van der Waals surface area contributed by atoms with Crippen molar-refractivity contribution in [2.75, 3.05) is 11.6 Å². The molecule has 0 aliphatic rings. The molecular formula is C13H13FN2O2S. The van der Waals surface area contributed by atoms with E-state index in [1.165, 1.54) is 24.4 Å². The number of sulfone groups is 1. The highest BCUT2D eigenvalue weighted by atomic mass is 32.2. The van der Waals surface area contributed by atoms with E-state index >= 15 is 0 Å². The van der Waals surface area contributed by atoms with Crippen LogP contribution in [-0.2, 0) is 16.4 Å². The minimum Gasteiger partial charge on any atom is -0.380 e. The van der Waals surface area contributed by atoms with Crippen molar-refractivity contribution in [1.82, 2.24) is 4.98 Å². The van der Waals surface area contributed by atoms with Crippen LogP contribution in [0.1, 0.15) is 5.56 Å². The molecular weight excluding hydrogens is 267 g/mol. The molecule has 0 aliphatic carbocycles. The number of nitrogens with one attached hydrogen (secondary N) is 1. The zero-order chi connectivity index (χ0) is 13.9. The molecule has 6 heteroatoms. The van der Waals surface area contributed by atoms with E-state index < -0.39 is 9.84 Å². The molecule has 0 aliphatic heterocycles. The number of nitrogens with zero attached hydrogens (tertiary/aromatic N) is 1. The van der Waals surface area contributed by atoms with E-state index in [9.17, 15) is 12.8 Å². The van der Waals surface area contributed by atoms with E-state index in [0.717, 1.165) is 11.8 Å². The van der Waals surface area contributed by atoms with Crippen molar-refractivity contribution in [1.29, 1.82) is 0 Å². The fourth-order valence-corrected chi connectivity index (χ4v) is 2.07. The summed E-state index contributed by atoms with van der Waals surface area (Å²) >= 11 is 0. The van der Waals surface area contributed by atoms with Crippen LogP contribution in [0.5, 0.6) is 0 Å². The van der Waals surface area contributed by atoms with Crippen LogP contribution in [0.4, 0.5) is 10.1 Å². The molecule has 0 saturated carbocycles. The largest absolute Gasteiger partial charge is 0.380 e. The molecule has 2 rings (SSSR count). The van der Waals surface area contributed by atoms with E-state index in [-0.39, 0.29) is 10.8 Å². The number of anilines is 1. The van der Waals surface area contributed by atoms with Crippen molar-refractivity contribution in [2.45, 2.75) is 11.6 Å². The molecule has 0 unspecified atom stereocenters. The lowest BCUT2D eigenvalue weighted by molar-refractivity contribution is 0.598. The molecule has 1 aromatic heterocycles. The number of hydrogen-bond acceptors (Lipinski definition) is 4. The summed E-state index contributed by atoms with van der Waals surface area (Å²) in [6.07, 6.45) is 2.57. The number of halogens is 1. The fourth-order valence-electron chi connectivity index (χ4n) is 1.51. The van der Waals surface area contributed by atoms with E-state index in [1.54, 1.807) is 18.2 Å². The van der Waals surface area contributed by atoms with Gasteiger partial charge in [-0.05, 0) is 29.8 Å². The smallest absolute Gasteiger partial charge is 0.192 e. The zero-order valence-electron chi connectivity index (χ0n) is 10.3. The van der Waals surface area contributed by atoms with Crippen LogP contribution < -0.4 is 5.32 Å². The third-order valence-electron chi connectivity index (χ3n) is 2.53. The Labute approximate surface area is 111 Å². The number of rotatable bonds is 4. The number of pyridine rings is 1. The second-order valence-corrected chi connectivity index (χ2v) is 6.10. The maximum absolute atomic E-state index is 12.7. The highest BCUT2D eigenvalue weighted by Crippen LogP contribution is 2.12. The molecule has 1 N–H and O–H groups in total. The summed E-state index contributed by atoms with van der Waals surface area (Å²) in [5.41, 5.74) is 1.63. The van der Waals surface area contributed by atoms with Crippen LogP contribution in [0.2, 0.25) is 0 Å². The highest BCUT2D eigenvalue weighted by Gasteiger charge is 2.07. The Bertz CT molecular complexity index is 652. The third kappa shape index (κ3) is 3.75. The summed E-state index contributed by atoms with van der Waals surface area (Å²) in [5, 5.41) is 3.12. The lowest BCUT2D eigenvalue weighted by Crippen LogP contribution is -2.03. The Hall–Kier alpha value is -1.95. The molecule has 0 saturated heterocycles. The van der Waals surface area contributed by atoms with Crippen LogP contribution in [0.15, 0.2) is 47.6 Å². The number of aromatic nitrogens is 1. The predicted molar refractivity (Wildman–Crippen MR) is 71.1 cm³/mol. The molecule has 2 aromatic rings. The molecule has 0 amide bonds. The van der Waals surface area contributed by atoms with E-state index in [0.29, 0.717) is 12.2 Å². The van der Waals surface area contributed by atoms with Crippen molar-refractivity contribution in [3.05, 3.63) is 54.0 Å². The highest BCUT2D eigenvalue weighted by molar-refractivity contribution is 7.90. The van der Waals surface area contributed by atoms with Crippen molar-refractivity contribution in [3.63, 3.8) is 0 Å². The van der Waals surface area contributed by atoms with Gasteiger partial charge < -0.3 is 5.32 Å². The second kappa shape index (κ2) is 5.36. The minimum absolute atomic E-state index is 0.0415. The third-order valence-corrected chi connectivity index (χ3v) is 3.53. The van der Waals surface area contributed by atoms with Gasteiger partial charge >= 0.3 is 0 Å². The van der Waals surface area contributed by atoms with Crippen LogP contribution in [0.25, 0.3) is 0 Å². The second-order valence-electron chi connectivity index (χ2n) is 4.14. The first kappa shape index (κ1) is 13.5. The van der Waals surface area contributed by atoms with Crippen LogP contribution >= 0.6 is 0 Å². The maximum Gasteiger partial charge on any atom is 0.192 e. The quantitative estimate of drug-likeness (QED) is 0.933. The summed E-state index contributed by atoms with van der Waals surface area (Å²) in [4.78, 5) is 3.87. The van der Waals surface area contributed by atoms with Crippen LogP contribution in [0, 0.1) is 5.82 Å². The van der Waals surface area contributed by atoms with Gasteiger partial charge in [0.25, 0.3) is 0 Å². The topological polar surface area (TPSA) is 59.1 Å². The Morgan fingerprint density at radius 2 is 1.84 bits per heavy atom. The number of hydrogen-bond donors (Lipinski definition) is 1. The summed E-state index contributed by atoms with van der Waals surface area (Å²) in [5.74, 6) is -0.275. The molecule has 0 spiro atoms. The van der Waals surface area contributed by atoms with Crippen molar-refractivity contribution >= 4 is 15.5 Å². The maximum atomic E-state index is 12.7. The van der Waals surface area contributed by atoms with Gasteiger partial charge in [0.05, 0.1) is 11.9 Å². The molecule has 100 valence electrons. The Balaban J connectivity index is 2.02. The van der Waals surface area contributed by atoms with Crippen LogP contribution in [-0.4, -0.2) is 19.7 Å². The average Bonchev–Trinajstić information content (AvgIpc) is 2.37. The van der Waals surface area contributed by atoms with Gasteiger partial charge in [0.15, 0.2) is 14.9 Å². The molecule has 1 heterocycles. The Morgan fingerprint density at radius 1 is 1.16 bits per heavy atom. The normalized spacial score (nSPS) is 11.3. The molecule has 0 fully saturated rings. The molecule has 0 radical (unpaired) electrons. The summed E-state index contributed by atoms with van der Waals surface area (Å²) < 4.78 is 35.2. The molecule has 0 atom stereocenters. The number of benzene rings is 1. The van der Waals surface area contributed by atoms with Crippen molar-refractivity contribution in [3.8, 4) is 0 Å². The molecule has 19 heavy (non-hydrogen) atoms. The zero-order valence-corrected chi connectivity index (χ0v) is 11.1. The van der Waals surface area contributed by atoms with Gasteiger partial charge in [-0.25, -0.2) is 17.8 Å². The first-order valence-corrected chi connectivity index (χ1v) is 7.49. The average molecular weight is 280 g/mol. The van der Waals surface area contributed by atoms with Gasteiger partial charge in [-0.1, -0.05) is 12.1 Å². The van der Waals surface area contributed by atoms with Gasteiger partial charge in [-0.3, -0.25) is 0 Å². The van der Waals surface area contributed by atoms with E-state index in [1.807, 2.05) is 0 Å². The predicted octanol–water partition coefficient (Wildman–Crippen LogP) is 2.24. The van der Waals surface area contributed by atoms with Gasteiger partial charge in [-0.15, -0.1) is 0 Å². The van der Waals surface area contributed by atoms with E-state index in [2.05, 4.69) is 10.3 Å². The van der Waals surface area contributed by atoms with Gasteiger partial charge in [0, 0.05) is 12.8 Å². The fraction of sp³-hybridized carbons (Fsp3) is 0.154. The first-order valence-electron chi connectivity index (χ1n) is 5.59. The Morgan fingerprint density at radius 3 is 2.37 bits per heavy atom. The first-order chi connectivity index (χ1) is 8.95. The van der Waals surface area contributed by atoms with E-state index in [4.69, 9.17) is 0 Å². The van der Waals surface area contributed by atoms with Gasteiger partial charge in [-0.2, -0.15) is 0 Å². The van der Waals surface area contributed by atoms with Crippen molar-refractivity contribution in [2.24, 2.45) is 0 Å². The SMILES string of the molecule is CS(=O)(=O)c1ccc(NCc2ccc(F)cc2)cn1. The van der Waals surface area contributed by atoms with Crippen molar-refractivity contribution < 1.29 is 12.8 Å². The molecule has 4 nitrogen and oxygen atoms in total. The van der Waals surface area contributed by atoms with Gasteiger partial charge in [0.2, 0.25) is 0 Å². The standard InChI is InChI=1S/C13H13FN2O2S/c1-19(17,18)13-7-6-12(9-16-13)15-8-10-2-4-11(14)5-3-10/h2-7,9,15H,8H2,1H3. The van der Waals surface area contributed by atoms with Crippen LogP contribution in [0.3, 0.4) is 0 Å². The lowest BCUT2D eigenvalue weighted by atomic mass is 10.2. The summed E-state index contributed by atoms with van der Waals surface area (Å²) in [6.45, 7) is 0.514.